The molecule has 2 aliphatic rings. The predicted octanol–water partition coefficient (Wildman–Crippen LogP) is 0.535. The first kappa shape index (κ1) is 19.4. The number of aliphatic carboxylic acids is 2. The Hall–Kier alpha value is -3.34. The Labute approximate surface area is 159 Å². The Morgan fingerprint density at radius 3 is 2.46 bits per heavy atom. The van der Waals surface area contributed by atoms with E-state index >= 15 is 0 Å². The Balaban J connectivity index is 0.000000330. The lowest BCUT2D eigenvalue weighted by Gasteiger charge is -2.36. The van der Waals surface area contributed by atoms with E-state index in [4.69, 9.17) is 24.3 Å². The predicted molar refractivity (Wildman–Crippen MR) is 93.6 cm³/mol. The first-order chi connectivity index (χ1) is 13.4. The van der Waals surface area contributed by atoms with Crippen molar-refractivity contribution in [3.05, 3.63) is 36.2 Å². The average molecular weight is 389 g/mol. The summed E-state index contributed by atoms with van der Waals surface area (Å²) in [5.74, 6) is -1.35. The standard InChI is InChI=1S/C15H17N5O2.C2H2O4/c21-13(17-12-2-1-5-16-6-12)9-20-7-11(8-20)15-18-14(19-22-15)10-3-4-10;3-1(4)2(5)6/h1-2,5-6,10-11H,3-4,7-9H2,(H,17,21);(H,3,4)(H,5,6). The number of carbonyl (C=O) groups is 3. The highest BCUT2D eigenvalue weighted by Crippen LogP contribution is 2.39. The van der Waals surface area contributed by atoms with Gasteiger partial charge < -0.3 is 20.1 Å². The van der Waals surface area contributed by atoms with Crippen molar-refractivity contribution in [3.63, 3.8) is 0 Å². The van der Waals surface area contributed by atoms with Gasteiger partial charge in [-0.15, -0.1) is 0 Å². The van der Waals surface area contributed by atoms with Crippen LogP contribution in [0.3, 0.4) is 0 Å². The zero-order valence-electron chi connectivity index (χ0n) is 14.8. The second-order valence-corrected chi connectivity index (χ2v) is 6.56. The smallest absolute Gasteiger partial charge is 0.414 e. The Kier molecular flexibility index (Phi) is 5.94. The molecule has 0 radical (unpaired) electrons. The maximum Gasteiger partial charge on any atom is 0.414 e. The minimum Gasteiger partial charge on any atom is -0.473 e. The van der Waals surface area contributed by atoms with Gasteiger partial charge in [0.1, 0.15) is 0 Å². The number of anilines is 1. The lowest BCUT2D eigenvalue weighted by atomic mass is 10.0. The highest BCUT2D eigenvalue weighted by atomic mass is 16.5. The number of nitrogens with one attached hydrogen (secondary N) is 1. The Bertz CT molecular complexity index is 833. The van der Waals surface area contributed by atoms with E-state index in [1.54, 1.807) is 18.5 Å². The molecular weight excluding hydrogens is 370 g/mol. The van der Waals surface area contributed by atoms with Crippen LogP contribution in [-0.4, -0.2) is 67.7 Å². The van der Waals surface area contributed by atoms with Crippen molar-refractivity contribution in [1.82, 2.24) is 20.0 Å². The summed E-state index contributed by atoms with van der Waals surface area (Å²) in [5, 5.41) is 21.6. The van der Waals surface area contributed by atoms with Gasteiger partial charge in [-0.05, 0) is 25.0 Å². The summed E-state index contributed by atoms with van der Waals surface area (Å²) in [6.07, 6.45) is 5.65. The summed E-state index contributed by atoms with van der Waals surface area (Å²) in [7, 11) is 0. The number of rotatable bonds is 5. The molecule has 2 aromatic heterocycles. The summed E-state index contributed by atoms with van der Waals surface area (Å²) in [6, 6.07) is 3.62. The first-order valence-electron chi connectivity index (χ1n) is 8.64. The van der Waals surface area contributed by atoms with E-state index in [0.717, 1.165) is 24.6 Å². The van der Waals surface area contributed by atoms with Crippen LogP contribution in [0.4, 0.5) is 5.69 Å². The van der Waals surface area contributed by atoms with E-state index in [1.165, 1.54) is 12.8 Å². The molecule has 3 heterocycles. The summed E-state index contributed by atoms with van der Waals surface area (Å²) in [5.41, 5.74) is 0.718. The molecule has 11 heteroatoms. The van der Waals surface area contributed by atoms with Crippen LogP contribution in [0.15, 0.2) is 29.0 Å². The molecule has 0 unspecified atom stereocenters. The third kappa shape index (κ3) is 5.33. The van der Waals surface area contributed by atoms with Gasteiger partial charge in [0.2, 0.25) is 11.8 Å². The number of hydrogen-bond donors (Lipinski definition) is 3. The van der Waals surface area contributed by atoms with Crippen LogP contribution >= 0.6 is 0 Å². The highest BCUT2D eigenvalue weighted by Gasteiger charge is 2.35. The van der Waals surface area contributed by atoms with E-state index in [-0.39, 0.29) is 11.8 Å². The number of carbonyl (C=O) groups excluding carboxylic acids is 1. The molecule has 0 spiro atoms. The van der Waals surface area contributed by atoms with Crippen LogP contribution in [0.5, 0.6) is 0 Å². The van der Waals surface area contributed by atoms with Crippen LogP contribution in [0.25, 0.3) is 0 Å². The Morgan fingerprint density at radius 1 is 1.18 bits per heavy atom. The zero-order chi connectivity index (χ0) is 20.1. The lowest BCUT2D eigenvalue weighted by Crippen LogP contribution is -2.48. The molecule has 1 aliphatic heterocycles. The fourth-order valence-corrected chi connectivity index (χ4v) is 2.62. The number of likely N-dealkylation sites (tertiary alicyclic amines) is 1. The average Bonchev–Trinajstić information content (AvgIpc) is 3.37. The number of aromatic nitrogens is 3. The van der Waals surface area contributed by atoms with Gasteiger partial charge in [0.25, 0.3) is 0 Å². The number of carboxylic acid groups (broad SMARTS) is 2. The van der Waals surface area contributed by atoms with Gasteiger partial charge in [0, 0.05) is 25.2 Å². The molecule has 0 atom stereocenters. The molecule has 1 saturated heterocycles. The molecule has 1 saturated carbocycles. The quantitative estimate of drug-likeness (QED) is 0.616. The highest BCUT2D eigenvalue weighted by molar-refractivity contribution is 6.27. The molecule has 2 aromatic rings. The fourth-order valence-electron chi connectivity index (χ4n) is 2.62. The molecule has 4 rings (SSSR count). The van der Waals surface area contributed by atoms with E-state index in [1.807, 2.05) is 6.07 Å². The largest absolute Gasteiger partial charge is 0.473 e. The van der Waals surface area contributed by atoms with Crippen molar-refractivity contribution in [2.45, 2.75) is 24.7 Å². The van der Waals surface area contributed by atoms with Crippen molar-refractivity contribution in [3.8, 4) is 0 Å². The second kappa shape index (κ2) is 8.57. The van der Waals surface area contributed by atoms with Gasteiger partial charge >= 0.3 is 11.9 Å². The van der Waals surface area contributed by atoms with Crippen LogP contribution < -0.4 is 5.32 Å². The van der Waals surface area contributed by atoms with Crippen LogP contribution in [0.2, 0.25) is 0 Å². The normalized spacial score (nSPS) is 16.4. The SMILES string of the molecule is O=C(CN1CC(c2nc(C3CC3)no2)C1)Nc1cccnc1.O=C(O)C(=O)O. The molecule has 2 fully saturated rings. The van der Waals surface area contributed by atoms with E-state index in [9.17, 15) is 4.79 Å². The van der Waals surface area contributed by atoms with Crippen LogP contribution in [-0.2, 0) is 14.4 Å². The fraction of sp³-hybridized carbons (Fsp3) is 0.412. The van der Waals surface area contributed by atoms with Crippen molar-refractivity contribution in [2.75, 3.05) is 25.0 Å². The monoisotopic (exact) mass is 389 g/mol. The molecule has 1 amide bonds. The molecule has 1 aliphatic carbocycles. The number of amides is 1. The molecule has 11 nitrogen and oxygen atoms in total. The second-order valence-electron chi connectivity index (χ2n) is 6.56. The van der Waals surface area contributed by atoms with E-state index in [2.05, 4.69) is 25.3 Å². The molecular formula is C17H19N5O6. The summed E-state index contributed by atoms with van der Waals surface area (Å²) in [4.78, 5) is 40.6. The number of nitrogens with zero attached hydrogens (tertiary/aromatic N) is 4. The molecule has 3 N–H and O–H groups in total. The van der Waals surface area contributed by atoms with Gasteiger partial charge in [0.15, 0.2) is 5.82 Å². The van der Waals surface area contributed by atoms with Crippen LogP contribution in [0, 0.1) is 0 Å². The van der Waals surface area contributed by atoms with Crippen molar-refractivity contribution >= 4 is 23.5 Å². The van der Waals surface area contributed by atoms with Gasteiger partial charge in [-0.25, -0.2) is 9.59 Å². The summed E-state index contributed by atoms with van der Waals surface area (Å²) < 4.78 is 5.32. The summed E-state index contributed by atoms with van der Waals surface area (Å²) in [6.45, 7) is 1.94. The van der Waals surface area contributed by atoms with E-state index in [0.29, 0.717) is 18.4 Å². The van der Waals surface area contributed by atoms with Crippen molar-refractivity contribution in [2.24, 2.45) is 0 Å². The molecule has 28 heavy (non-hydrogen) atoms. The van der Waals surface area contributed by atoms with Crippen molar-refractivity contribution < 1.29 is 29.1 Å². The third-order valence-corrected chi connectivity index (χ3v) is 4.20. The molecule has 0 bridgehead atoms. The minimum absolute atomic E-state index is 0.0318. The number of carboxylic acids is 2. The molecule has 0 aromatic carbocycles. The van der Waals surface area contributed by atoms with Crippen LogP contribution in [0.1, 0.15) is 36.4 Å². The Morgan fingerprint density at radius 2 is 1.89 bits per heavy atom. The summed E-state index contributed by atoms with van der Waals surface area (Å²) >= 11 is 0. The van der Waals surface area contributed by atoms with E-state index < -0.39 is 11.9 Å². The third-order valence-electron chi connectivity index (χ3n) is 4.20. The lowest BCUT2D eigenvalue weighted by molar-refractivity contribution is -0.159. The number of hydrogen-bond acceptors (Lipinski definition) is 8. The topological polar surface area (TPSA) is 159 Å². The van der Waals surface area contributed by atoms with Gasteiger partial charge in [-0.2, -0.15) is 4.98 Å². The van der Waals surface area contributed by atoms with Gasteiger partial charge in [-0.3, -0.25) is 14.7 Å². The first-order valence-corrected chi connectivity index (χ1v) is 8.64. The van der Waals surface area contributed by atoms with Gasteiger partial charge in [0.05, 0.1) is 24.3 Å². The number of pyridine rings is 1. The van der Waals surface area contributed by atoms with Crippen molar-refractivity contribution in [1.29, 1.82) is 0 Å². The maximum absolute atomic E-state index is 11.9. The maximum atomic E-state index is 11.9. The minimum atomic E-state index is -1.82. The zero-order valence-corrected chi connectivity index (χ0v) is 14.8. The van der Waals surface area contributed by atoms with Gasteiger partial charge in [-0.1, -0.05) is 5.16 Å². The molecule has 148 valence electrons.